The number of ether oxygens (including phenoxy) is 3. The molecule has 0 saturated carbocycles. The van der Waals surface area contributed by atoms with Crippen LogP contribution in [0.4, 0.5) is 0 Å². The van der Waals surface area contributed by atoms with Gasteiger partial charge in [-0.3, -0.25) is 0 Å². The van der Waals surface area contributed by atoms with Gasteiger partial charge in [-0.1, -0.05) is 19.8 Å². The van der Waals surface area contributed by atoms with Crippen molar-refractivity contribution in [3.63, 3.8) is 0 Å². The van der Waals surface area contributed by atoms with E-state index in [2.05, 4.69) is 13.8 Å². The van der Waals surface area contributed by atoms with E-state index in [0.29, 0.717) is 6.10 Å². The van der Waals surface area contributed by atoms with Crippen LogP contribution in [0.25, 0.3) is 0 Å². The van der Waals surface area contributed by atoms with Gasteiger partial charge in [0.15, 0.2) is 6.29 Å². The molecule has 1 fully saturated rings. The largest absolute Gasteiger partial charge is 0.379 e. The van der Waals surface area contributed by atoms with E-state index in [4.69, 9.17) is 14.2 Å². The predicted molar refractivity (Wildman–Crippen MR) is 59.9 cm³/mol. The van der Waals surface area contributed by atoms with Crippen molar-refractivity contribution in [2.24, 2.45) is 0 Å². The van der Waals surface area contributed by atoms with Crippen LogP contribution in [0.5, 0.6) is 0 Å². The molecule has 1 unspecified atom stereocenters. The van der Waals surface area contributed by atoms with Crippen LogP contribution in [-0.2, 0) is 14.2 Å². The smallest absolute Gasteiger partial charge is 0.157 e. The van der Waals surface area contributed by atoms with Crippen LogP contribution in [0.2, 0.25) is 0 Å². The summed E-state index contributed by atoms with van der Waals surface area (Å²) in [6.07, 6.45) is 6.09. The summed E-state index contributed by atoms with van der Waals surface area (Å²) in [5, 5.41) is 0. The Kier molecular flexibility index (Phi) is 6.98. The molecule has 0 aromatic carbocycles. The summed E-state index contributed by atoms with van der Waals surface area (Å²) in [6.45, 7) is 6.69. The van der Waals surface area contributed by atoms with E-state index in [1.165, 1.54) is 19.3 Å². The van der Waals surface area contributed by atoms with Crippen molar-refractivity contribution in [1.82, 2.24) is 0 Å². The molecule has 0 bridgehead atoms. The van der Waals surface area contributed by atoms with Crippen molar-refractivity contribution in [3.05, 3.63) is 0 Å². The molecule has 3 heteroatoms. The van der Waals surface area contributed by atoms with Crippen LogP contribution in [-0.4, -0.2) is 32.2 Å². The first kappa shape index (κ1) is 12.9. The Hall–Kier alpha value is -0.120. The number of unbranched alkanes of at least 4 members (excludes halogenated alkanes) is 1. The van der Waals surface area contributed by atoms with Crippen LogP contribution < -0.4 is 0 Å². The molecular weight excluding hydrogens is 192 g/mol. The molecule has 0 aliphatic carbocycles. The number of rotatable bonds is 8. The Morgan fingerprint density at radius 3 is 2.67 bits per heavy atom. The fourth-order valence-electron chi connectivity index (χ4n) is 1.68. The summed E-state index contributed by atoms with van der Waals surface area (Å²) in [5.74, 6) is 0. The van der Waals surface area contributed by atoms with Crippen LogP contribution in [0.3, 0.4) is 0 Å². The molecule has 0 amide bonds. The standard InChI is InChI=1S/C12H24O3/c1-3-4-6-11(2)13-8-5-7-12-14-9-10-15-12/h11-12H,3-10H2,1-2H3. The molecule has 90 valence electrons. The minimum atomic E-state index is 0.0274. The molecular formula is C12H24O3. The van der Waals surface area contributed by atoms with Crippen molar-refractivity contribution in [1.29, 1.82) is 0 Å². The summed E-state index contributed by atoms with van der Waals surface area (Å²) in [4.78, 5) is 0. The quantitative estimate of drug-likeness (QED) is 0.584. The van der Waals surface area contributed by atoms with Gasteiger partial charge in [0.25, 0.3) is 0 Å². The first-order valence-electron chi connectivity index (χ1n) is 6.17. The van der Waals surface area contributed by atoms with Crippen LogP contribution in [0, 0.1) is 0 Å². The molecule has 0 aromatic heterocycles. The minimum Gasteiger partial charge on any atom is -0.379 e. The Morgan fingerprint density at radius 2 is 2.00 bits per heavy atom. The molecule has 0 aromatic rings. The van der Waals surface area contributed by atoms with E-state index in [0.717, 1.165) is 32.7 Å². The summed E-state index contributed by atoms with van der Waals surface area (Å²) in [6, 6.07) is 0. The molecule has 1 heterocycles. The van der Waals surface area contributed by atoms with Crippen LogP contribution in [0.15, 0.2) is 0 Å². The fourth-order valence-corrected chi connectivity index (χ4v) is 1.68. The highest BCUT2D eigenvalue weighted by Crippen LogP contribution is 2.11. The van der Waals surface area contributed by atoms with Gasteiger partial charge in [-0.2, -0.15) is 0 Å². The topological polar surface area (TPSA) is 27.7 Å². The third-order valence-corrected chi connectivity index (χ3v) is 2.64. The molecule has 1 saturated heterocycles. The Balaban J connectivity index is 1.87. The second kappa shape index (κ2) is 8.08. The van der Waals surface area contributed by atoms with E-state index in [1.54, 1.807) is 0 Å². The maximum absolute atomic E-state index is 5.69. The number of hydrogen-bond donors (Lipinski definition) is 0. The minimum absolute atomic E-state index is 0.0274. The highest BCUT2D eigenvalue weighted by atomic mass is 16.7. The Labute approximate surface area is 93.1 Å². The summed E-state index contributed by atoms with van der Waals surface area (Å²) < 4.78 is 16.4. The molecule has 0 N–H and O–H groups in total. The molecule has 1 atom stereocenters. The molecule has 1 aliphatic heterocycles. The van der Waals surface area contributed by atoms with E-state index in [1.807, 2.05) is 0 Å². The van der Waals surface area contributed by atoms with Gasteiger partial charge in [0.05, 0.1) is 19.3 Å². The highest BCUT2D eigenvalue weighted by Gasteiger charge is 2.14. The summed E-state index contributed by atoms with van der Waals surface area (Å²) in [5.41, 5.74) is 0. The maximum Gasteiger partial charge on any atom is 0.157 e. The third-order valence-electron chi connectivity index (χ3n) is 2.64. The molecule has 0 radical (unpaired) electrons. The molecule has 3 nitrogen and oxygen atoms in total. The van der Waals surface area contributed by atoms with Crippen molar-refractivity contribution in [2.75, 3.05) is 19.8 Å². The normalized spacial score (nSPS) is 19.6. The van der Waals surface area contributed by atoms with Gasteiger partial charge in [-0.25, -0.2) is 0 Å². The van der Waals surface area contributed by atoms with Crippen LogP contribution in [0.1, 0.15) is 46.0 Å². The second-order valence-corrected chi connectivity index (χ2v) is 4.14. The summed E-state index contributed by atoms with van der Waals surface area (Å²) >= 11 is 0. The highest BCUT2D eigenvalue weighted by molar-refractivity contribution is 4.54. The van der Waals surface area contributed by atoms with Crippen molar-refractivity contribution in [2.45, 2.75) is 58.3 Å². The third kappa shape index (κ3) is 6.13. The second-order valence-electron chi connectivity index (χ2n) is 4.14. The lowest BCUT2D eigenvalue weighted by atomic mass is 10.2. The molecule has 0 spiro atoms. The molecule has 15 heavy (non-hydrogen) atoms. The monoisotopic (exact) mass is 216 g/mol. The Bertz CT molecular complexity index is 144. The molecule has 1 rings (SSSR count). The lowest BCUT2D eigenvalue weighted by Crippen LogP contribution is -2.12. The van der Waals surface area contributed by atoms with Gasteiger partial charge in [-0.15, -0.1) is 0 Å². The van der Waals surface area contributed by atoms with Crippen molar-refractivity contribution < 1.29 is 14.2 Å². The first-order chi connectivity index (χ1) is 7.33. The molecule has 1 aliphatic rings. The zero-order valence-corrected chi connectivity index (χ0v) is 10.0. The lowest BCUT2D eigenvalue weighted by Gasteiger charge is -2.13. The van der Waals surface area contributed by atoms with Gasteiger partial charge in [0, 0.05) is 13.0 Å². The zero-order valence-electron chi connectivity index (χ0n) is 10.0. The average Bonchev–Trinajstić information content (AvgIpc) is 2.74. The fraction of sp³-hybridized carbons (Fsp3) is 1.00. The van der Waals surface area contributed by atoms with Gasteiger partial charge in [0.2, 0.25) is 0 Å². The van der Waals surface area contributed by atoms with E-state index in [9.17, 15) is 0 Å². The van der Waals surface area contributed by atoms with Crippen molar-refractivity contribution >= 4 is 0 Å². The average molecular weight is 216 g/mol. The van der Waals surface area contributed by atoms with Crippen molar-refractivity contribution in [3.8, 4) is 0 Å². The lowest BCUT2D eigenvalue weighted by molar-refractivity contribution is -0.0540. The van der Waals surface area contributed by atoms with Gasteiger partial charge < -0.3 is 14.2 Å². The van der Waals surface area contributed by atoms with E-state index < -0.39 is 0 Å². The van der Waals surface area contributed by atoms with Gasteiger partial charge >= 0.3 is 0 Å². The van der Waals surface area contributed by atoms with Crippen LogP contribution >= 0.6 is 0 Å². The number of hydrogen-bond acceptors (Lipinski definition) is 3. The zero-order chi connectivity index (χ0) is 10.9. The van der Waals surface area contributed by atoms with Gasteiger partial charge in [-0.05, 0) is 19.8 Å². The SMILES string of the molecule is CCCCC(C)OCCCC1OCCO1. The Morgan fingerprint density at radius 1 is 1.27 bits per heavy atom. The summed E-state index contributed by atoms with van der Waals surface area (Å²) in [7, 11) is 0. The van der Waals surface area contributed by atoms with E-state index in [-0.39, 0.29) is 6.29 Å². The van der Waals surface area contributed by atoms with E-state index >= 15 is 0 Å². The first-order valence-corrected chi connectivity index (χ1v) is 6.17. The van der Waals surface area contributed by atoms with Gasteiger partial charge in [0.1, 0.15) is 0 Å². The maximum atomic E-state index is 5.69. The predicted octanol–water partition coefficient (Wildman–Crippen LogP) is 2.73.